The minimum absolute atomic E-state index is 0.0409. The van der Waals surface area contributed by atoms with Gasteiger partial charge in [-0.15, -0.1) is 0 Å². The Morgan fingerprint density at radius 2 is 2.03 bits per heavy atom. The van der Waals surface area contributed by atoms with Crippen LogP contribution in [-0.2, 0) is 28.7 Å². The number of alkyl halides is 3. The summed E-state index contributed by atoms with van der Waals surface area (Å²) in [4.78, 5) is 17.1. The van der Waals surface area contributed by atoms with Crippen molar-refractivity contribution in [1.29, 1.82) is 0 Å². The summed E-state index contributed by atoms with van der Waals surface area (Å²) in [5.41, 5.74) is 0.0240. The molecule has 160 valence electrons. The van der Waals surface area contributed by atoms with Crippen LogP contribution in [0.1, 0.15) is 58.3 Å². The molecule has 0 amide bonds. The van der Waals surface area contributed by atoms with Crippen LogP contribution in [-0.4, -0.2) is 21.6 Å². The molecule has 0 radical (unpaired) electrons. The van der Waals surface area contributed by atoms with Gasteiger partial charge in [0.1, 0.15) is 18.5 Å². The van der Waals surface area contributed by atoms with Crippen molar-refractivity contribution < 1.29 is 22.7 Å². The molecule has 1 aromatic carbocycles. The molecule has 2 aromatic rings. The van der Waals surface area contributed by atoms with Gasteiger partial charge in [0.25, 0.3) is 0 Å². The minimum atomic E-state index is -4.42. The fraction of sp³-hybridized carbons (Fsp3) is 0.636. The van der Waals surface area contributed by atoms with E-state index in [2.05, 4.69) is 25.8 Å². The average Bonchev–Trinajstić information content (AvgIpc) is 2.97. The number of aromatic nitrogens is 2. The Hall–Kier alpha value is -2.05. The molecule has 0 N–H and O–H groups in total. The maximum atomic E-state index is 13.0. The zero-order chi connectivity index (χ0) is 21.3. The van der Waals surface area contributed by atoms with E-state index in [1.807, 2.05) is 6.92 Å². The summed E-state index contributed by atoms with van der Waals surface area (Å²) in [5.74, 6) is 1.51. The second-order valence-corrected chi connectivity index (χ2v) is 8.52. The van der Waals surface area contributed by atoms with Gasteiger partial charge in [-0.25, -0.2) is 4.98 Å². The molecule has 7 heteroatoms. The fourth-order valence-electron chi connectivity index (χ4n) is 4.39. The van der Waals surface area contributed by atoms with Crippen molar-refractivity contribution in [3.8, 4) is 0 Å². The number of carbonyl (C=O) groups is 1. The third-order valence-electron chi connectivity index (χ3n) is 6.00. The molecule has 4 nitrogen and oxygen atoms in total. The third-order valence-corrected chi connectivity index (χ3v) is 6.00. The topological polar surface area (TPSA) is 44.1 Å². The second-order valence-electron chi connectivity index (χ2n) is 8.52. The standard InChI is InChI=1S/C22H29F3N2O2/c1-5-20-26-17-11-15(22(23,24)25)7-9-18(17)27(20)12-21(28)29-19-10-14(4)6-8-16(19)13(2)3/h7,9,11,13-14,16,19H,5-6,8,10,12H2,1-4H3. The lowest BCUT2D eigenvalue weighted by Gasteiger charge is -2.36. The molecule has 1 saturated carbocycles. The van der Waals surface area contributed by atoms with Gasteiger partial charge in [-0.05, 0) is 48.8 Å². The highest BCUT2D eigenvalue weighted by Crippen LogP contribution is 2.36. The van der Waals surface area contributed by atoms with Crippen molar-refractivity contribution in [1.82, 2.24) is 9.55 Å². The van der Waals surface area contributed by atoms with Crippen LogP contribution in [0.25, 0.3) is 11.0 Å². The number of halogens is 3. The Labute approximate surface area is 169 Å². The molecule has 29 heavy (non-hydrogen) atoms. The van der Waals surface area contributed by atoms with Crippen LogP contribution in [0.4, 0.5) is 13.2 Å². The molecular weight excluding hydrogens is 381 g/mol. The van der Waals surface area contributed by atoms with E-state index in [1.54, 1.807) is 4.57 Å². The van der Waals surface area contributed by atoms with Crippen molar-refractivity contribution >= 4 is 17.0 Å². The Bertz CT molecular complexity index is 873. The van der Waals surface area contributed by atoms with Crippen molar-refractivity contribution in [2.75, 3.05) is 0 Å². The number of esters is 1. The Morgan fingerprint density at radius 3 is 2.66 bits per heavy atom. The predicted molar refractivity (Wildman–Crippen MR) is 105 cm³/mol. The summed E-state index contributed by atoms with van der Waals surface area (Å²) in [6.45, 7) is 8.30. The van der Waals surface area contributed by atoms with Crippen molar-refractivity contribution in [2.45, 2.75) is 72.2 Å². The van der Waals surface area contributed by atoms with Crippen LogP contribution >= 0.6 is 0 Å². The Balaban J connectivity index is 1.82. The van der Waals surface area contributed by atoms with Gasteiger partial charge in [-0.3, -0.25) is 4.79 Å². The molecule has 1 aromatic heterocycles. The van der Waals surface area contributed by atoms with Gasteiger partial charge in [0.15, 0.2) is 0 Å². The molecule has 0 bridgehead atoms. The lowest BCUT2D eigenvalue weighted by atomic mass is 9.75. The van der Waals surface area contributed by atoms with Crippen LogP contribution in [0, 0.1) is 17.8 Å². The molecule has 0 aliphatic heterocycles. The molecule has 3 atom stereocenters. The number of hydrogen-bond donors (Lipinski definition) is 0. The van der Waals surface area contributed by atoms with Crippen LogP contribution in [0.3, 0.4) is 0 Å². The number of imidazole rings is 1. The molecule has 1 aliphatic carbocycles. The maximum Gasteiger partial charge on any atom is 0.416 e. The lowest BCUT2D eigenvalue weighted by molar-refractivity contribution is -0.156. The van der Waals surface area contributed by atoms with E-state index < -0.39 is 11.7 Å². The van der Waals surface area contributed by atoms with E-state index in [4.69, 9.17) is 4.74 Å². The third kappa shape index (κ3) is 4.75. The number of benzene rings is 1. The molecule has 1 heterocycles. The number of rotatable bonds is 5. The summed E-state index contributed by atoms with van der Waals surface area (Å²) >= 11 is 0. The highest BCUT2D eigenvalue weighted by molar-refractivity contribution is 5.79. The van der Waals surface area contributed by atoms with Gasteiger partial charge in [0.2, 0.25) is 0 Å². The first-order valence-corrected chi connectivity index (χ1v) is 10.4. The summed E-state index contributed by atoms with van der Waals surface area (Å²) in [6.07, 6.45) is -0.974. The zero-order valence-electron chi connectivity index (χ0n) is 17.4. The molecular formula is C22H29F3N2O2. The summed E-state index contributed by atoms with van der Waals surface area (Å²) < 4.78 is 46.5. The SMILES string of the molecule is CCc1nc2cc(C(F)(F)F)ccc2n1CC(=O)OC1CC(C)CCC1C(C)C. The molecule has 1 fully saturated rings. The monoisotopic (exact) mass is 410 g/mol. The smallest absolute Gasteiger partial charge is 0.416 e. The van der Waals surface area contributed by atoms with Crippen LogP contribution < -0.4 is 0 Å². The van der Waals surface area contributed by atoms with Gasteiger partial charge < -0.3 is 9.30 Å². The second kappa shape index (κ2) is 8.36. The normalized spacial score (nSPS) is 23.0. The van der Waals surface area contributed by atoms with Crippen molar-refractivity contribution in [3.63, 3.8) is 0 Å². The Kier molecular flexibility index (Phi) is 6.24. The fourth-order valence-corrected chi connectivity index (χ4v) is 4.39. The first-order chi connectivity index (χ1) is 13.6. The molecule has 0 saturated heterocycles. The predicted octanol–water partition coefficient (Wildman–Crippen LogP) is 5.62. The van der Waals surface area contributed by atoms with Gasteiger partial charge in [0, 0.05) is 6.42 Å². The number of fused-ring (bicyclic) bond motifs is 1. The molecule has 3 unspecified atom stereocenters. The summed E-state index contributed by atoms with van der Waals surface area (Å²) in [7, 11) is 0. The van der Waals surface area contributed by atoms with Gasteiger partial charge in [0.05, 0.1) is 16.6 Å². The molecule has 1 aliphatic rings. The minimum Gasteiger partial charge on any atom is -0.461 e. The van der Waals surface area contributed by atoms with Crippen molar-refractivity contribution in [3.05, 3.63) is 29.6 Å². The number of carbonyl (C=O) groups excluding carboxylic acids is 1. The van der Waals surface area contributed by atoms with E-state index in [0.717, 1.165) is 31.4 Å². The van der Waals surface area contributed by atoms with Gasteiger partial charge in [-0.2, -0.15) is 13.2 Å². The maximum absolute atomic E-state index is 13.0. The highest BCUT2D eigenvalue weighted by atomic mass is 19.4. The Morgan fingerprint density at radius 1 is 1.31 bits per heavy atom. The van der Waals surface area contributed by atoms with Crippen LogP contribution in [0.15, 0.2) is 18.2 Å². The molecule has 3 rings (SSSR count). The van der Waals surface area contributed by atoms with Crippen LogP contribution in [0.2, 0.25) is 0 Å². The van der Waals surface area contributed by atoms with E-state index in [9.17, 15) is 18.0 Å². The van der Waals surface area contributed by atoms with Crippen LogP contribution in [0.5, 0.6) is 0 Å². The number of hydrogen-bond acceptors (Lipinski definition) is 3. The van der Waals surface area contributed by atoms with Crippen molar-refractivity contribution in [2.24, 2.45) is 17.8 Å². The lowest BCUT2D eigenvalue weighted by Crippen LogP contribution is -2.36. The van der Waals surface area contributed by atoms with Gasteiger partial charge >= 0.3 is 12.1 Å². The first kappa shape index (κ1) is 21.7. The largest absolute Gasteiger partial charge is 0.461 e. The highest BCUT2D eigenvalue weighted by Gasteiger charge is 2.34. The number of aryl methyl sites for hydroxylation is 1. The summed E-state index contributed by atoms with van der Waals surface area (Å²) in [6, 6.07) is 3.45. The number of nitrogens with zero attached hydrogens (tertiary/aromatic N) is 2. The van der Waals surface area contributed by atoms with E-state index in [-0.39, 0.29) is 24.1 Å². The number of ether oxygens (including phenoxy) is 1. The summed E-state index contributed by atoms with van der Waals surface area (Å²) in [5, 5.41) is 0. The average molecular weight is 410 g/mol. The van der Waals surface area contributed by atoms with E-state index in [1.165, 1.54) is 6.07 Å². The quantitative estimate of drug-likeness (QED) is 0.601. The molecule has 0 spiro atoms. The van der Waals surface area contributed by atoms with Gasteiger partial charge in [-0.1, -0.05) is 34.1 Å². The van der Waals surface area contributed by atoms with E-state index >= 15 is 0 Å². The van der Waals surface area contributed by atoms with E-state index in [0.29, 0.717) is 35.5 Å². The zero-order valence-corrected chi connectivity index (χ0v) is 17.4. The first-order valence-electron chi connectivity index (χ1n) is 10.4.